The average Bonchev–Trinajstić information content (AvgIpc) is 2.96. The molecule has 0 amide bonds. The van der Waals surface area contributed by atoms with Crippen LogP contribution in [0.15, 0.2) is 0 Å². The van der Waals surface area contributed by atoms with Gasteiger partial charge >= 0.3 is 0 Å². The molecule has 2 fully saturated rings. The lowest BCUT2D eigenvalue weighted by Gasteiger charge is -2.17. The van der Waals surface area contributed by atoms with Crippen LogP contribution in [0, 0.1) is 5.41 Å². The van der Waals surface area contributed by atoms with E-state index in [2.05, 4.69) is 5.32 Å². The van der Waals surface area contributed by atoms with Gasteiger partial charge in [0.15, 0.2) is 0 Å². The van der Waals surface area contributed by atoms with Crippen molar-refractivity contribution in [2.45, 2.75) is 37.9 Å². The number of hydrogen-bond acceptors (Lipinski definition) is 5. The predicted octanol–water partition coefficient (Wildman–Crippen LogP) is -0.0950. The van der Waals surface area contributed by atoms with E-state index in [1.807, 2.05) is 0 Å². The van der Waals surface area contributed by atoms with Gasteiger partial charge in [0.1, 0.15) is 0 Å². The fourth-order valence-electron chi connectivity index (χ4n) is 2.24. The van der Waals surface area contributed by atoms with Crippen LogP contribution in [0.2, 0.25) is 0 Å². The summed E-state index contributed by atoms with van der Waals surface area (Å²) in [4.78, 5) is 0. The summed E-state index contributed by atoms with van der Waals surface area (Å²) < 4.78 is 10.9. The molecule has 5 nitrogen and oxygen atoms in total. The van der Waals surface area contributed by atoms with Crippen molar-refractivity contribution in [1.82, 2.24) is 5.32 Å². The second-order valence-corrected chi connectivity index (χ2v) is 5.62. The summed E-state index contributed by atoms with van der Waals surface area (Å²) in [5.74, 6) is 0. The van der Waals surface area contributed by atoms with Gasteiger partial charge in [-0.05, 0) is 25.7 Å². The predicted molar refractivity (Wildman–Crippen MR) is 67.4 cm³/mol. The third kappa shape index (κ3) is 4.48. The van der Waals surface area contributed by atoms with Gasteiger partial charge in [-0.25, -0.2) is 0 Å². The molecule has 0 spiro atoms. The highest BCUT2D eigenvalue weighted by molar-refractivity contribution is 4.94. The van der Waals surface area contributed by atoms with Crippen molar-refractivity contribution in [2.75, 3.05) is 39.5 Å². The standard InChI is InChI=1S/C13H25NO4/c15-10-13(3-4-13)9-14-6-11(16)7-17-8-12-2-1-5-18-12/h11-12,14-16H,1-10H2. The quantitative estimate of drug-likeness (QED) is 0.539. The van der Waals surface area contributed by atoms with Crippen LogP contribution < -0.4 is 5.32 Å². The van der Waals surface area contributed by atoms with Crippen LogP contribution in [-0.4, -0.2) is 61.9 Å². The molecule has 2 unspecified atom stereocenters. The van der Waals surface area contributed by atoms with Gasteiger partial charge in [0.05, 0.1) is 25.4 Å². The van der Waals surface area contributed by atoms with E-state index in [1.54, 1.807) is 0 Å². The second kappa shape index (κ2) is 6.82. The Morgan fingerprint density at radius 3 is 2.89 bits per heavy atom. The zero-order valence-corrected chi connectivity index (χ0v) is 10.9. The lowest BCUT2D eigenvalue weighted by Crippen LogP contribution is -2.35. The normalized spacial score (nSPS) is 27.3. The number of rotatable bonds is 9. The van der Waals surface area contributed by atoms with E-state index < -0.39 is 6.10 Å². The maximum Gasteiger partial charge on any atom is 0.0897 e. The molecule has 1 saturated heterocycles. The minimum Gasteiger partial charge on any atom is -0.396 e. The highest BCUT2D eigenvalue weighted by Crippen LogP contribution is 2.44. The van der Waals surface area contributed by atoms with E-state index in [4.69, 9.17) is 14.6 Å². The lowest BCUT2D eigenvalue weighted by molar-refractivity contribution is -0.0167. The summed E-state index contributed by atoms with van der Waals surface area (Å²) in [6, 6.07) is 0. The summed E-state index contributed by atoms with van der Waals surface area (Å²) in [5.41, 5.74) is 0.0955. The van der Waals surface area contributed by atoms with Crippen LogP contribution >= 0.6 is 0 Å². The van der Waals surface area contributed by atoms with Crippen LogP contribution in [0.3, 0.4) is 0 Å². The third-order valence-electron chi connectivity index (χ3n) is 3.81. The van der Waals surface area contributed by atoms with Gasteiger partial charge < -0.3 is 25.0 Å². The average molecular weight is 259 g/mol. The smallest absolute Gasteiger partial charge is 0.0897 e. The molecule has 1 saturated carbocycles. The SMILES string of the molecule is OCC1(CNCC(O)COCC2CCCO2)CC1. The minimum atomic E-state index is -0.485. The summed E-state index contributed by atoms with van der Waals surface area (Å²) in [6.45, 7) is 3.31. The minimum absolute atomic E-state index is 0.0955. The van der Waals surface area contributed by atoms with Crippen LogP contribution in [0.4, 0.5) is 0 Å². The molecule has 0 aromatic rings. The molecule has 1 heterocycles. The molecule has 2 rings (SSSR count). The molecule has 2 atom stereocenters. The number of nitrogens with one attached hydrogen (secondary N) is 1. The number of hydrogen-bond donors (Lipinski definition) is 3. The topological polar surface area (TPSA) is 71.0 Å². The van der Waals surface area contributed by atoms with Crippen LogP contribution in [-0.2, 0) is 9.47 Å². The zero-order valence-electron chi connectivity index (χ0n) is 10.9. The number of ether oxygens (including phenoxy) is 2. The molecule has 1 aliphatic heterocycles. The highest BCUT2D eigenvalue weighted by atomic mass is 16.5. The maximum absolute atomic E-state index is 9.72. The van der Waals surface area contributed by atoms with Gasteiger partial charge in [0, 0.05) is 31.7 Å². The Morgan fingerprint density at radius 1 is 1.44 bits per heavy atom. The van der Waals surface area contributed by atoms with Crippen molar-refractivity contribution in [1.29, 1.82) is 0 Å². The van der Waals surface area contributed by atoms with E-state index in [9.17, 15) is 5.11 Å². The van der Waals surface area contributed by atoms with Crippen molar-refractivity contribution in [3.8, 4) is 0 Å². The highest BCUT2D eigenvalue weighted by Gasteiger charge is 2.41. The van der Waals surface area contributed by atoms with E-state index in [-0.39, 0.29) is 18.1 Å². The Hall–Kier alpha value is -0.200. The molecule has 3 N–H and O–H groups in total. The van der Waals surface area contributed by atoms with Gasteiger partial charge in [0.25, 0.3) is 0 Å². The Balaban J connectivity index is 1.46. The van der Waals surface area contributed by atoms with Crippen LogP contribution in [0.5, 0.6) is 0 Å². The van der Waals surface area contributed by atoms with Crippen molar-refractivity contribution < 1.29 is 19.7 Å². The van der Waals surface area contributed by atoms with E-state index in [0.29, 0.717) is 19.8 Å². The molecule has 2 aliphatic rings. The first-order valence-electron chi connectivity index (χ1n) is 6.93. The summed E-state index contributed by atoms with van der Waals surface area (Å²) in [7, 11) is 0. The number of aliphatic hydroxyl groups excluding tert-OH is 2. The van der Waals surface area contributed by atoms with Gasteiger partial charge in [0.2, 0.25) is 0 Å². The summed E-state index contributed by atoms with van der Waals surface area (Å²) >= 11 is 0. The first kappa shape index (κ1) is 14.2. The van der Waals surface area contributed by atoms with Gasteiger partial charge in [-0.2, -0.15) is 0 Å². The molecule has 0 aromatic heterocycles. The Morgan fingerprint density at radius 2 is 2.28 bits per heavy atom. The fourth-order valence-corrected chi connectivity index (χ4v) is 2.24. The molecule has 0 aromatic carbocycles. The van der Waals surface area contributed by atoms with E-state index >= 15 is 0 Å². The van der Waals surface area contributed by atoms with Gasteiger partial charge in [-0.15, -0.1) is 0 Å². The lowest BCUT2D eigenvalue weighted by atomic mass is 10.1. The third-order valence-corrected chi connectivity index (χ3v) is 3.81. The first-order valence-corrected chi connectivity index (χ1v) is 6.93. The van der Waals surface area contributed by atoms with Gasteiger partial charge in [-0.3, -0.25) is 0 Å². The monoisotopic (exact) mass is 259 g/mol. The van der Waals surface area contributed by atoms with E-state index in [0.717, 1.165) is 38.8 Å². The maximum atomic E-state index is 9.72. The Kier molecular flexibility index (Phi) is 5.38. The molecule has 0 radical (unpaired) electrons. The molecule has 1 aliphatic carbocycles. The molecule has 106 valence electrons. The largest absolute Gasteiger partial charge is 0.396 e. The molecular weight excluding hydrogens is 234 g/mol. The summed E-state index contributed by atoms with van der Waals surface area (Å²) in [5, 5.41) is 22.1. The molecule has 18 heavy (non-hydrogen) atoms. The van der Waals surface area contributed by atoms with Crippen molar-refractivity contribution in [3.63, 3.8) is 0 Å². The van der Waals surface area contributed by atoms with Crippen molar-refractivity contribution in [2.24, 2.45) is 5.41 Å². The Bertz CT molecular complexity index is 239. The van der Waals surface area contributed by atoms with Crippen molar-refractivity contribution >= 4 is 0 Å². The molecular formula is C13H25NO4. The zero-order chi connectivity index (χ0) is 12.8. The van der Waals surface area contributed by atoms with E-state index in [1.165, 1.54) is 0 Å². The Labute approximate surface area is 108 Å². The molecule has 0 bridgehead atoms. The van der Waals surface area contributed by atoms with Crippen LogP contribution in [0.1, 0.15) is 25.7 Å². The van der Waals surface area contributed by atoms with Gasteiger partial charge in [-0.1, -0.05) is 0 Å². The van der Waals surface area contributed by atoms with Crippen molar-refractivity contribution in [3.05, 3.63) is 0 Å². The second-order valence-electron chi connectivity index (χ2n) is 5.62. The summed E-state index contributed by atoms with van der Waals surface area (Å²) in [6.07, 6.45) is 4.08. The fraction of sp³-hybridized carbons (Fsp3) is 1.00. The number of aliphatic hydroxyl groups is 2. The first-order chi connectivity index (χ1) is 8.74. The van der Waals surface area contributed by atoms with Crippen LogP contribution in [0.25, 0.3) is 0 Å². The molecule has 5 heteroatoms.